The van der Waals surface area contributed by atoms with Crippen molar-refractivity contribution >= 4 is 29.0 Å². The summed E-state index contributed by atoms with van der Waals surface area (Å²) in [6, 6.07) is 21.5. The maximum atomic E-state index is 12.8. The minimum atomic E-state index is -0.175. The molecule has 0 aliphatic rings. The number of amides is 1. The Morgan fingerprint density at radius 1 is 1.13 bits per heavy atom. The summed E-state index contributed by atoms with van der Waals surface area (Å²) in [5.41, 5.74) is 1.88. The van der Waals surface area contributed by atoms with E-state index in [2.05, 4.69) is 15.5 Å². The Morgan fingerprint density at radius 3 is 2.70 bits per heavy atom. The fourth-order valence-corrected chi connectivity index (χ4v) is 4.60. The highest BCUT2D eigenvalue weighted by atomic mass is 32.2. The van der Waals surface area contributed by atoms with Gasteiger partial charge in [0.05, 0.1) is 24.6 Å². The number of nitrogens with zero attached hydrogens (tertiary/aromatic N) is 3. The molecule has 0 unspecified atom stereocenters. The molecule has 4 rings (SSSR count). The van der Waals surface area contributed by atoms with E-state index in [0.29, 0.717) is 10.9 Å². The minimum Gasteiger partial charge on any atom is -0.495 e. The lowest BCUT2D eigenvalue weighted by Gasteiger charge is -2.18. The molecular formula is C22H20N4O2S2. The second-order valence-corrected chi connectivity index (χ2v) is 8.29. The van der Waals surface area contributed by atoms with E-state index >= 15 is 0 Å². The monoisotopic (exact) mass is 436 g/mol. The number of carbonyl (C=O) groups is 1. The average molecular weight is 437 g/mol. The Labute approximate surface area is 182 Å². The van der Waals surface area contributed by atoms with Gasteiger partial charge in [-0.25, -0.2) is 0 Å². The van der Waals surface area contributed by atoms with Crippen molar-refractivity contribution in [3.8, 4) is 11.4 Å². The van der Waals surface area contributed by atoms with Crippen LogP contribution >= 0.6 is 23.1 Å². The Balaban J connectivity index is 1.47. The zero-order valence-electron chi connectivity index (χ0n) is 16.3. The summed E-state index contributed by atoms with van der Waals surface area (Å²) in [6.45, 7) is 0. The quantitative estimate of drug-likeness (QED) is 0.416. The summed E-state index contributed by atoms with van der Waals surface area (Å²) in [5.74, 6) is 0.866. The van der Waals surface area contributed by atoms with E-state index in [0.717, 1.165) is 16.1 Å². The molecule has 152 valence electrons. The van der Waals surface area contributed by atoms with Gasteiger partial charge in [0.15, 0.2) is 5.16 Å². The molecule has 0 radical (unpaired) electrons. The lowest BCUT2D eigenvalue weighted by Crippen LogP contribution is -2.30. The number of benzene rings is 2. The lowest BCUT2D eigenvalue weighted by molar-refractivity contribution is -0.119. The second-order valence-electron chi connectivity index (χ2n) is 6.37. The highest BCUT2D eigenvalue weighted by molar-refractivity contribution is 7.99. The van der Waals surface area contributed by atoms with Gasteiger partial charge in [0.2, 0.25) is 5.91 Å². The van der Waals surface area contributed by atoms with Gasteiger partial charge in [0, 0.05) is 4.88 Å². The third-order valence-corrected chi connectivity index (χ3v) is 6.34. The Hall–Kier alpha value is -3.10. The molecule has 0 saturated heterocycles. The topological polar surface area (TPSA) is 69.0 Å². The van der Waals surface area contributed by atoms with Gasteiger partial charge in [-0.2, -0.15) is 0 Å². The van der Waals surface area contributed by atoms with Crippen LogP contribution in [0.5, 0.6) is 5.75 Å². The average Bonchev–Trinajstić information content (AvgIpc) is 3.49. The highest BCUT2D eigenvalue weighted by Gasteiger charge is 2.19. The number of carbonyl (C=O) groups excluding carboxylic acids is 1. The summed E-state index contributed by atoms with van der Waals surface area (Å²) in [5, 5.41) is 14.0. The molecule has 0 aliphatic carbocycles. The number of para-hydroxylation sites is 2. The first-order valence-electron chi connectivity index (χ1n) is 9.30. The van der Waals surface area contributed by atoms with Gasteiger partial charge in [-0.05, 0) is 29.1 Å². The molecule has 0 bridgehead atoms. The van der Waals surface area contributed by atoms with Crippen LogP contribution in [0.15, 0.2) is 83.6 Å². The van der Waals surface area contributed by atoms with E-state index in [9.17, 15) is 4.79 Å². The fourth-order valence-electron chi connectivity index (χ4n) is 3.07. The molecule has 1 atom stereocenters. The largest absolute Gasteiger partial charge is 0.495 e. The first-order chi connectivity index (χ1) is 14.8. The summed E-state index contributed by atoms with van der Waals surface area (Å²) in [7, 11) is 1.62. The summed E-state index contributed by atoms with van der Waals surface area (Å²) < 4.78 is 7.25. The normalized spacial score (nSPS) is 11.8. The van der Waals surface area contributed by atoms with Gasteiger partial charge in [0.1, 0.15) is 12.1 Å². The van der Waals surface area contributed by atoms with Crippen molar-refractivity contribution in [3.63, 3.8) is 0 Å². The molecule has 1 amide bonds. The van der Waals surface area contributed by atoms with E-state index < -0.39 is 0 Å². The van der Waals surface area contributed by atoms with Gasteiger partial charge < -0.3 is 10.1 Å². The Morgan fingerprint density at radius 2 is 1.93 bits per heavy atom. The smallest absolute Gasteiger partial charge is 0.231 e. The van der Waals surface area contributed by atoms with E-state index in [4.69, 9.17) is 4.74 Å². The van der Waals surface area contributed by atoms with Crippen LogP contribution in [0.2, 0.25) is 0 Å². The van der Waals surface area contributed by atoms with Crippen molar-refractivity contribution in [2.45, 2.75) is 11.2 Å². The van der Waals surface area contributed by atoms with Gasteiger partial charge in [-0.1, -0.05) is 60.3 Å². The number of rotatable bonds is 8. The van der Waals surface area contributed by atoms with Crippen LogP contribution in [-0.2, 0) is 4.79 Å². The molecule has 2 aromatic carbocycles. The molecule has 2 heterocycles. The first-order valence-corrected chi connectivity index (χ1v) is 11.2. The zero-order chi connectivity index (χ0) is 20.8. The van der Waals surface area contributed by atoms with Gasteiger partial charge in [-0.15, -0.1) is 21.5 Å². The number of nitrogens with one attached hydrogen (secondary N) is 1. The Kier molecular flexibility index (Phi) is 6.46. The number of ether oxygens (including phenoxy) is 1. The molecule has 0 spiro atoms. The van der Waals surface area contributed by atoms with Crippen LogP contribution in [0.4, 0.5) is 0 Å². The molecule has 4 aromatic rings. The van der Waals surface area contributed by atoms with Crippen LogP contribution in [-0.4, -0.2) is 33.5 Å². The lowest BCUT2D eigenvalue weighted by atomic mass is 10.1. The predicted molar refractivity (Wildman–Crippen MR) is 119 cm³/mol. The molecule has 0 saturated carbocycles. The van der Waals surface area contributed by atoms with Crippen molar-refractivity contribution in [2.24, 2.45) is 0 Å². The summed E-state index contributed by atoms with van der Waals surface area (Å²) in [6.07, 6.45) is 1.62. The van der Waals surface area contributed by atoms with E-state index in [1.807, 2.05) is 76.7 Å². The molecule has 2 aromatic heterocycles. The minimum absolute atomic E-state index is 0.0724. The third kappa shape index (κ3) is 4.55. The third-order valence-electron chi connectivity index (χ3n) is 4.46. The number of thiophene rings is 1. The molecule has 30 heavy (non-hydrogen) atoms. The van der Waals surface area contributed by atoms with E-state index in [1.54, 1.807) is 24.8 Å². The molecular weight excluding hydrogens is 416 g/mol. The van der Waals surface area contributed by atoms with Gasteiger partial charge in [-0.3, -0.25) is 9.36 Å². The maximum absolute atomic E-state index is 12.8. The first kappa shape index (κ1) is 20.2. The van der Waals surface area contributed by atoms with Crippen molar-refractivity contribution < 1.29 is 9.53 Å². The maximum Gasteiger partial charge on any atom is 0.231 e. The van der Waals surface area contributed by atoms with Crippen LogP contribution in [0.3, 0.4) is 0 Å². The second kappa shape index (κ2) is 9.60. The summed E-state index contributed by atoms with van der Waals surface area (Å²) in [4.78, 5) is 13.9. The van der Waals surface area contributed by atoms with Crippen LogP contribution in [0.1, 0.15) is 16.5 Å². The highest BCUT2D eigenvalue weighted by Crippen LogP contribution is 2.28. The Bertz CT molecular complexity index is 1100. The summed E-state index contributed by atoms with van der Waals surface area (Å²) >= 11 is 2.96. The van der Waals surface area contributed by atoms with Gasteiger partial charge in [0.25, 0.3) is 0 Å². The molecule has 0 aliphatic heterocycles. The molecule has 1 N–H and O–H groups in total. The number of hydrogen-bond acceptors (Lipinski definition) is 6. The molecule has 6 nitrogen and oxygen atoms in total. The molecule has 0 fully saturated rings. The standard InChI is InChI=1S/C22H20N4O2S2/c1-28-18-11-6-5-10-17(18)26-15-23-25-22(26)30-14-20(27)24-21(19-12-7-13-29-19)16-8-3-2-4-9-16/h2-13,15,21H,14H2,1H3,(H,24,27)/t21-/m0/s1. The number of hydrogen-bond donors (Lipinski definition) is 1. The number of thioether (sulfide) groups is 1. The predicted octanol–water partition coefficient (Wildman–Crippen LogP) is 4.34. The molecule has 8 heteroatoms. The SMILES string of the molecule is COc1ccccc1-n1cnnc1SCC(=O)N[C@@H](c1ccccc1)c1cccs1. The zero-order valence-corrected chi connectivity index (χ0v) is 17.9. The van der Waals surface area contributed by atoms with Crippen molar-refractivity contribution in [1.82, 2.24) is 20.1 Å². The van der Waals surface area contributed by atoms with Crippen molar-refractivity contribution in [1.29, 1.82) is 0 Å². The fraction of sp³-hybridized carbons (Fsp3) is 0.136. The number of methoxy groups -OCH3 is 1. The van der Waals surface area contributed by atoms with Crippen molar-refractivity contribution in [2.75, 3.05) is 12.9 Å². The van der Waals surface area contributed by atoms with E-state index in [-0.39, 0.29) is 17.7 Å². The van der Waals surface area contributed by atoms with E-state index in [1.165, 1.54) is 11.8 Å². The van der Waals surface area contributed by atoms with Crippen LogP contribution in [0.25, 0.3) is 5.69 Å². The van der Waals surface area contributed by atoms with Crippen LogP contribution in [0, 0.1) is 0 Å². The van der Waals surface area contributed by atoms with Crippen LogP contribution < -0.4 is 10.1 Å². The number of aromatic nitrogens is 3. The van der Waals surface area contributed by atoms with Crippen molar-refractivity contribution in [3.05, 3.63) is 88.9 Å². The van der Waals surface area contributed by atoms with Gasteiger partial charge >= 0.3 is 0 Å².